The Morgan fingerprint density at radius 3 is 2.65 bits per heavy atom. The summed E-state index contributed by atoms with van der Waals surface area (Å²) in [6.07, 6.45) is 0.419. The lowest BCUT2D eigenvalue weighted by atomic mass is 9.95. The molecule has 6 rings (SSSR count). The van der Waals surface area contributed by atoms with Crippen LogP contribution in [0.25, 0.3) is 0 Å². The van der Waals surface area contributed by atoms with Crippen molar-refractivity contribution in [2.75, 3.05) is 13.4 Å². The van der Waals surface area contributed by atoms with Gasteiger partial charge in [-0.25, -0.2) is 5.01 Å². The molecule has 0 spiro atoms. The SMILES string of the molecule is CCOc1ccccc1[C@H]1Oc2ccccc2[C@H]2CC(c3ccc4c(c3)OCO4)=NN21. The molecule has 0 saturated carbocycles. The average molecular weight is 414 g/mol. The molecule has 31 heavy (non-hydrogen) atoms. The summed E-state index contributed by atoms with van der Waals surface area (Å²) >= 11 is 0. The quantitative estimate of drug-likeness (QED) is 0.598. The maximum absolute atomic E-state index is 6.47. The zero-order valence-electron chi connectivity index (χ0n) is 17.2. The van der Waals surface area contributed by atoms with Gasteiger partial charge in [0.1, 0.15) is 11.5 Å². The highest BCUT2D eigenvalue weighted by molar-refractivity contribution is 6.02. The van der Waals surface area contributed by atoms with E-state index < -0.39 is 0 Å². The van der Waals surface area contributed by atoms with Crippen LogP contribution in [0.4, 0.5) is 0 Å². The van der Waals surface area contributed by atoms with E-state index in [1.54, 1.807) is 0 Å². The minimum Gasteiger partial charge on any atom is -0.493 e. The van der Waals surface area contributed by atoms with Crippen LogP contribution < -0.4 is 18.9 Å². The molecule has 0 amide bonds. The van der Waals surface area contributed by atoms with E-state index in [-0.39, 0.29) is 19.1 Å². The Balaban J connectivity index is 1.44. The second-order valence-corrected chi connectivity index (χ2v) is 7.69. The van der Waals surface area contributed by atoms with Crippen molar-refractivity contribution in [2.24, 2.45) is 5.10 Å². The summed E-state index contributed by atoms with van der Waals surface area (Å²) in [6.45, 7) is 2.84. The lowest BCUT2D eigenvalue weighted by molar-refractivity contribution is -0.0205. The molecular formula is C25H22N2O4. The van der Waals surface area contributed by atoms with Crippen LogP contribution >= 0.6 is 0 Å². The summed E-state index contributed by atoms with van der Waals surface area (Å²) in [5, 5.41) is 7.11. The highest BCUT2D eigenvalue weighted by atomic mass is 16.7. The molecule has 3 aromatic carbocycles. The van der Waals surface area contributed by atoms with Gasteiger partial charge in [-0.1, -0.05) is 30.3 Å². The molecule has 0 fully saturated rings. The fourth-order valence-electron chi connectivity index (χ4n) is 4.46. The predicted molar refractivity (Wildman–Crippen MR) is 116 cm³/mol. The Morgan fingerprint density at radius 1 is 0.935 bits per heavy atom. The van der Waals surface area contributed by atoms with Gasteiger partial charge >= 0.3 is 0 Å². The van der Waals surface area contributed by atoms with Crippen LogP contribution in [0.3, 0.4) is 0 Å². The summed E-state index contributed by atoms with van der Waals surface area (Å²) in [4.78, 5) is 0. The number of fused-ring (bicyclic) bond motifs is 4. The van der Waals surface area contributed by atoms with Crippen LogP contribution in [0.1, 0.15) is 42.3 Å². The summed E-state index contributed by atoms with van der Waals surface area (Å²) in [6, 6.07) is 22.3. The standard InChI is InChI=1S/C25H22N2O4/c1-2-28-21-9-5-4-8-18(21)25-27-20(17-7-3-6-10-22(17)31-25)14-19(26-27)16-11-12-23-24(13-16)30-15-29-23/h3-13,20,25H,2,14-15H2,1H3/t20-,25-/m1/s1. The van der Waals surface area contributed by atoms with Crippen molar-refractivity contribution < 1.29 is 18.9 Å². The van der Waals surface area contributed by atoms with Gasteiger partial charge in [-0.2, -0.15) is 5.10 Å². The zero-order valence-corrected chi connectivity index (χ0v) is 17.2. The zero-order chi connectivity index (χ0) is 20.8. The van der Waals surface area contributed by atoms with Crippen molar-refractivity contribution in [1.82, 2.24) is 5.01 Å². The molecule has 3 aliphatic heterocycles. The highest BCUT2D eigenvalue weighted by Gasteiger charge is 2.42. The van der Waals surface area contributed by atoms with Gasteiger partial charge in [-0.3, -0.25) is 0 Å². The van der Waals surface area contributed by atoms with Gasteiger partial charge in [0.25, 0.3) is 0 Å². The first-order valence-electron chi connectivity index (χ1n) is 10.5. The monoisotopic (exact) mass is 414 g/mol. The second kappa shape index (κ2) is 7.23. The first kappa shape index (κ1) is 18.1. The average Bonchev–Trinajstić information content (AvgIpc) is 3.46. The van der Waals surface area contributed by atoms with Crippen molar-refractivity contribution in [3.8, 4) is 23.0 Å². The van der Waals surface area contributed by atoms with Crippen LogP contribution in [0.2, 0.25) is 0 Å². The van der Waals surface area contributed by atoms with Gasteiger partial charge in [-0.15, -0.1) is 0 Å². The summed E-state index contributed by atoms with van der Waals surface area (Å²) in [5.74, 6) is 3.25. The van der Waals surface area contributed by atoms with E-state index >= 15 is 0 Å². The molecule has 0 bridgehead atoms. The predicted octanol–water partition coefficient (Wildman–Crippen LogP) is 5.06. The number of rotatable bonds is 4. The number of nitrogens with zero attached hydrogens (tertiary/aromatic N) is 2. The molecular weight excluding hydrogens is 392 g/mol. The Morgan fingerprint density at radius 2 is 1.74 bits per heavy atom. The van der Waals surface area contributed by atoms with Gasteiger partial charge in [0.05, 0.1) is 23.9 Å². The molecule has 0 N–H and O–H groups in total. The smallest absolute Gasteiger partial charge is 0.231 e. The number of hydrazone groups is 1. The number of benzene rings is 3. The third kappa shape index (κ3) is 2.98. The van der Waals surface area contributed by atoms with Crippen molar-refractivity contribution in [3.63, 3.8) is 0 Å². The van der Waals surface area contributed by atoms with Crippen LogP contribution in [0.15, 0.2) is 71.8 Å². The third-order valence-corrected chi connectivity index (χ3v) is 5.89. The number of para-hydroxylation sites is 2. The summed E-state index contributed by atoms with van der Waals surface area (Å²) < 4.78 is 23.4. The molecule has 0 radical (unpaired) electrons. The molecule has 0 aromatic heterocycles. The van der Waals surface area contributed by atoms with Crippen LogP contribution in [0, 0.1) is 0 Å². The van der Waals surface area contributed by atoms with Gasteiger partial charge < -0.3 is 18.9 Å². The first-order valence-corrected chi connectivity index (χ1v) is 10.5. The fourth-order valence-corrected chi connectivity index (χ4v) is 4.46. The Labute approximate surface area is 180 Å². The minimum atomic E-state index is -0.367. The molecule has 2 atom stereocenters. The van der Waals surface area contributed by atoms with Crippen molar-refractivity contribution >= 4 is 5.71 Å². The van der Waals surface area contributed by atoms with Crippen molar-refractivity contribution in [1.29, 1.82) is 0 Å². The molecule has 156 valence electrons. The summed E-state index contributed by atoms with van der Waals surface area (Å²) in [5.41, 5.74) is 4.15. The van der Waals surface area contributed by atoms with E-state index in [1.165, 1.54) is 0 Å². The maximum Gasteiger partial charge on any atom is 0.231 e. The largest absolute Gasteiger partial charge is 0.493 e. The fraction of sp³-hybridized carbons (Fsp3) is 0.240. The normalized spacial score (nSPS) is 20.5. The van der Waals surface area contributed by atoms with Gasteiger partial charge in [0.2, 0.25) is 13.0 Å². The van der Waals surface area contributed by atoms with Gasteiger partial charge in [0.15, 0.2) is 11.5 Å². The number of hydrogen-bond acceptors (Lipinski definition) is 6. The van der Waals surface area contributed by atoms with Crippen molar-refractivity contribution in [3.05, 3.63) is 83.4 Å². The first-order chi connectivity index (χ1) is 15.3. The molecule has 6 nitrogen and oxygen atoms in total. The molecule has 0 unspecified atom stereocenters. The molecule has 3 aliphatic rings. The van der Waals surface area contributed by atoms with E-state index in [4.69, 9.17) is 24.0 Å². The topological polar surface area (TPSA) is 52.5 Å². The highest BCUT2D eigenvalue weighted by Crippen LogP contribution is 2.49. The van der Waals surface area contributed by atoms with Gasteiger partial charge in [-0.05, 0) is 43.3 Å². The van der Waals surface area contributed by atoms with Crippen LogP contribution in [-0.4, -0.2) is 24.1 Å². The molecule has 0 saturated heterocycles. The molecule has 3 heterocycles. The molecule has 6 heteroatoms. The lowest BCUT2D eigenvalue weighted by Crippen LogP contribution is -2.34. The van der Waals surface area contributed by atoms with Crippen LogP contribution in [0.5, 0.6) is 23.0 Å². The number of hydrogen-bond donors (Lipinski definition) is 0. The van der Waals surface area contributed by atoms with Crippen molar-refractivity contribution in [2.45, 2.75) is 25.6 Å². The molecule has 3 aromatic rings. The minimum absolute atomic E-state index is 0.0880. The Bertz CT molecular complexity index is 1180. The maximum atomic E-state index is 6.47. The van der Waals surface area contributed by atoms with Crippen LogP contribution in [-0.2, 0) is 0 Å². The summed E-state index contributed by atoms with van der Waals surface area (Å²) in [7, 11) is 0. The van der Waals surface area contributed by atoms with Gasteiger partial charge in [0, 0.05) is 17.5 Å². The number of ether oxygens (including phenoxy) is 4. The molecule has 0 aliphatic carbocycles. The van der Waals surface area contributed by atoms with E-state index in [1.807, 2.05) is 61.5 Å². The Hall–Kier alpha value is -3.67. The Kier molecular flexibility index (Phi) is 4.23. The lowest BCUT2D eigenvalue weighted by Gasteiger charge is -2.38. The van der Waals surface area contributed by atoms with E-state index in [0.717, 1.165) is 51.8 Å². The second-order valence-electron chi connectivity index (χ2n) is 7.69. The van der Waals surface area contributed by atoms with E-state index in [9.17, 15) is 0 Å². The van der Waals surface area contributed by atoms with E-state index in [0.29, 0.717) is 6.61 Å². The third-order valence-electron chi connectivity index (χ3n) is 5.89. The van der Waals surface area contributed by atoms with E-state index in [2.05, 4.69) is 17.1 Å².